The molecule has 5 nitrogen and oxygen atoms in total. The Morgan fingerprint density at radius 3 is 2.57 bits per heavy atom. The van der Waals surface area contributed by atoms with Gasteiger partial charge in [-0.3, -0.25) is 14.2 Å². The van der Waals surface area contributed by atoms with E-state index >= 15 is 0 Å². The fourth-order valence-corrected chi connectivity index (χ4v) is 3.48. The molecule has 2 N–H and O–H groups in total. The van der Waals surface area contributed by atoms with Crippen LogP contribution in [0.15, 0.2) is 30.3 Å². The molecule has 2 aromatic carbocycles. The number of aromatic hydroxyl groups is 1. The maximum atomic E-state index is 14.1. The molecular formula is C22H21ClF2N2O3. The average molecular weight is 435 g/mol. The molecule has 1 aromatic heterocycles. The van der Waals surface area contributed by atoms with Gasteiger partial charge in [0, 0.05) is 29.3 Å². The summed E-state index contributed by atoms with van der Waals surface area (Å²) < 4.78 is 29.2. The fourth-order valence-electron chi connectivity index (χ4n) is 3.36. The van der Waals surface area contributed by atoms with Crippen LogP contribution < -0.4 is 5.32 Å². The molecule has 1 amide bonds. The molecule has 8 heteroatoms. The molecule has 3 aromatic rings. The van der Waals surface area contributed by atoms with Crippen molar-refractivity contribution >= 4 is 34.3 Å². The van der Waals surface area contributed by atoms with Gasteiger partial charge in [0.15, 0.2) is 11.6 Å². The number of phenolic OH excluding ortho intramolecular Hbond substituents is 1. The summed E-state index contributed by atoms with van der Waals surface area (Å²) in [5.41, 5.74) is 1.09. The van der Waals surface area contributed by atoms with Crippen molar-refractivity contribution in [1.82, 2.24) is 9.88 Å². The van der Waals surface area contributed by atoms with Crippen LogP contribution in [0, 0.1) is 18.6 Å². The molecule has 158 valence electrons. The lowest BCUT2D eigenvalue weighted by atomic mass is 10.1. The number of aromatic nitrogens is 1. The largest absolute Gasteiger partial charge is 0.505 e. The Hall–Kier alpha value is -2.93. The van der Waals surface area contributed by atoms with E-state index in [2.05, 4.69) is 5.32 Å². The van der Waals surface area contributed by atoms with E-state index in [-0.39, 0.29) is 28.4 Å². The summed E-state index contributed by atoms with van der Waals surface area (Å²) in [6.45, 7) is 4.15. The van der Waals surface area contributed by atoms with Crippen molar-refractivity contribution in [2.24, 2.45) is 0 Å². The molecule has 0 aliphatic heterocycles. The Balaban J connectivity index is 2.11. The molecule has 0 unspecified atom stereocenters. The number of nitrogens with one attached hydrogen (secondary N) is 1. The van der Waals surface area contributed by atoms with Gasteiger partial charge in [-0.15, -0.1) is 0 Å². The number of phenols is 1. The zero-order valence-corrected chi connectivity index (χ0v) is 17.3. The third-order valence-electron chi connectivity index (χ3n) is 4.96. The predicted octanol–water partition coefficient (Wildman–Crippen LogP) is 4.73. The van der Waals surface area contributed by atoms with Gasteiger partial charge in [-0.05, 0) is 43.2 Å². The SMILES string of the molecule is CCCCNC(=O)Cc1c(C)n(C(=O)c2ccc(Cl)c(F)c2)c2cc(F)c(O)cc12. The summed E-state index contributed by atoms with van der Waals surface area (Å²) >= 11 is 5.69. The number of carbonyl (C=O) groups excluding carboxylic acids is 2. The lowest BCUT2D eigenvalue weighted by Crippen LogP contribution is -2.26. The van der Waals surface area contributed by atoms with E-state index in [1.807, 2.05) is 6.92 Å². The molecule has 0 spiro atoms. The summed E-state index contributed by atoms with van der Waals surface area (Å²) in [5.74, 6) is -3.10. The Bertz CT molecular complexity index is 1140. The van der Waals surface area contributed by atoms with E-state index in [0.29, 0.717) is 23.2 Å². The number of carbonyl (C=O) groups is 2. The number of unbranched alkanes of at least 4 members (excludes halogenated alkanes) is 1. The van der Waals surface area contributed by atoms with Gasteiger partial charge in [0.2, 0.25) is 5.91 Å². The minimum absolute atomic E-state index is 0.0179. The second kappa shape index (κ2) is 8.83. The zero-order chi connectivity index (χ0) is 22.0. The van der Waals surface area contributed by atoms with Crippen LogP contribution in [0.5, 0.6) is 5.75 Å². The average Bonchev–Trinajstić information content (AvgIpc) is 2.95. The minimum atomic E-state index is -0.907. The van der Waals surface area contributed by atoms with E-state index in [4.69, 9.17) is 11.6 Å². The van der Waals surface area contributed by atoms with Crippen LogP contribution in [-0.4, -0.2) is 28.0 Å². The van der Waals surface area contributed by atoms with E-state index < -0.39 is 23.3 Å². The number of halogens is 3. The monoisotopic (exact) mass is 434 g/mol. The van der Waals surface area contributed by atoms with Gasteiger partial charge in [-0.25, -0.2) is 8.78 Å². The van der Waals surface area contributed by atoms with Crippen LogP contribution in [0.2, 0.25) is 5.02 Å². The highest BCUT2D eigenvalue weighted by Gasteiger charge is 2.23. The van der Waals surface area contributed by atoms with Crippen LogP contribution in [0.4, 0.5) is 8.78 Å². The van der Waals surface area contributed by atoms with Crippen molar-refractivity contribution in [2.45, 2.75) is 33.1 Å². The Morgan fingerprint density at radius 1 is 1.17 bits per heavy atom. The van der Waals surface area contributed by atoms with E-state index in [1.54, 1.807) is 6.92 Å². The molecule has 3 rings (SSSR count). The third-order valence-corrected chi connectivity index (χ3v) is 5.27. The number of benzene rings is 2. The summed E-state index contributed by atoms with van der Waals surface area (Å²) in [7, 11) is 0. The Labute approximate surface area is 177 Å². The van der Waals surface area contributed by atoms with Crippen molar-refractivity contribution < 1.29 is 23.5 Å². The van der Waals surface area contributed by atoms with Crippen molar-refractivity contribution in [2.75, 3.05) is 6.54 Å². The molecule has 0 bridgehead atoms. The topological polar surface area (TPSA) is 71.3 Å². The molecule has 0 saturated heterocycles. The maximum Gasteiger partial charge on any atom is 0.262 e. The molecule has 1 heterocycles. The normalized spacial score (nSPS) is 11.1. The van der Waals surface area contributed by atoms with Crippen molar-refractivity contribution in [1.29, 1.82) is 0 Å². The summed E-state index contributed by atoms with van der Waals surface area (Å²) in [6.07, 6.45) is 1.71. The van der Waals surface area contributed by atoms with Crippen molar-refractivity contribution in [3.63, 3.8) is 0 Å². The van der Waals surface area contributed by atoms with Gasteiger partial charge in [0.05, 0.1) is 17.0 Å². The van der Waals surface area contributed by atoms with Gasteiger partial charge in [-0.1, -0.05) is 24.9 Å². The standard InChI is InChI=1S/C22H21ClF2N2O3/c1-3-4-7-26-21(29)10-14-12(2)27(19-11-18(25)20(28)9-15(14)19)22(30)13-5-6-16(23)17(24)8-13/h5-6,8-9,11,28H,3-4,7,10H2,1-2H3,(H,26,29). The zero-order valence-electron chi connectivity index (χ0n) is 16.6. The van der Waals surface area contributed by atoms with Gasteiger partial charge in [0.25, 0.3) is 5.91 Å². The Kier molecular flexibility index (Phi) is 6.41. The third kappa shape index (κ3) is 4.16. The van der Waals surface area contributed by atoms with Gasteiger partial charge in [-0.2, -0.15) is 0 Å². The molecule has 0 saturated carbocycles. The highest BCUT2D eigenvalue weighted by Crippen LogP contribution is 2.32. The van der Waals surface area contributed by atoms with Crippen LogP contribution in [0.3, 0.4) is 0 Å². The number of amides is 1. The highest BCUT2D eigenvalue weighted by molar-refractivity contribution is 6.30. The number of hydrogen-bond acceptors (Lipinski definition) is 3. The number of rotatable bonds is 6. The minimum Gasteiger partial charge on any atom is -0.505 e. The summed E-state index contributed by atoms with van der Waals surface area (Å²) in [5, 5.41) is 12.9. The second-order valence-electron chi connectivity index (χ2n) is 7.03. The second-order valence-corrected chi connectivity index (χ2v) is 7.44. The van der Waals surface area contributed by atoms with Crippen LogP contribution in [-0.2, 0) is 11.2 Å². The fraction of sp³-hybridized carbons (Fsp3) is 0.273. The smallest absolute Gasteiger partial charge is 0.262 e. The lowest BCUT2D eigenvalue weighted by molar-refractivity contribution is -0.120. The number of nitrogens with zero attached hydrogens (tertiary/aromatic N) is 1. The van der Waals surface area contributed by atoms with E-state index in [9.17, 15) is 23.5 Å². The van der Waals surface area contributed by atoms with E-state index in [1.165, 1.54) is 22.8 Å². The number of fused-ring (bicyclic) bond motifs is 1. The molecule has 0 radical (unpaired) electrons. The highest BCUT2D eigenvalue weighted by atomic mass is 35.5. The molecule has 0 fully saturated rings. The first kappa shape index (κ1) is 21.8. The quantitative estimate of drug-likeness (QED) is 0.551. The van der Waals surface area contributed by atoms with Crippen LogP contribution >= 0.6 is 11.6 Å². The molecular weight excluding hydrogens is 414 g/mol. The first-order chi connectivity index (χ1) is 14.2. The van der Waals surface area contributed by atoms with Crippen LogP contribution in [0.25, 0.3) is 10.9 Å². The molecule has 30 heavy (non-hydrogen) atoms. The lowest BCUT2D eigenvalue weighted by Gasteiger charge is -2.09. The van der Waals surface area contributed by atoms with Gasteiger partial charge >= 0.3 is 0 Å². The van der Waals surface area contributed by atoms with Crippen LogP contribution in [0.1, 0.15) is 41.4 Å². The number of hydrogen-bond donors (Lipinski definition) is 2. The summed E-state index contributed by atoms with van der Waals surface area (Å²) in [6, 6.07) is 5.86. The molecule has 0 aliphatic carbocycles. The van der Waals surface area contributed by atoms with Crippen molar-refractivity contribution in [3.05, 3.63) is 63.8 Å². The molecule has 0 atom stereocenters. The van der Waals surface area contributed by atoms with E-state index in [0.717, 1.165) is 25.0 Å². The summed E-state index contributed by atoms with van der Waals surface area (Å²) in [4.78, 5) is 25.5. The maximum absolute atomic E-state index is 14.1. The first-order valence-electron chi connectivity index (χ1n) is 9.53. The van der Waals surface area contributed by atoms with Gasteiger partial charge in [0.1, 0.15) is 5.82 Å². The van der Waals surface area contributed by atoms with Crippen molar-refractivity contribution in [3.8, 4) is 5.75 Å². The Morgan fingerprint density at radius 2 is 1.90 bits per heavy atom. The first-order valence-corrected chi connectivity index (χ1v) is 9.91. The molecule has 0 aliphatic rings. The van der Waals surface area contributed by atoms with Gasteiger partial charge < -0.3 is 10.4 Å². The predicted molar refractivity (Wildman–Crippen MR) is 111 cm³/mol.